The molecule has 0 saturated carbocycles. The van der Waals surface area contributed by atoms with Gasteiger partial charge in [0, 0.05) is 51.4 Å². The van der Waals surface area contributed by atoms with E-state index >= 15 is 0 Å². The number of fused-ring (bicyclic) bond motifs is 1. The maximum atomic E-state index is 12.9. The van der Waals surface area contributed by atoms with Gasteiger partial charge in [0.05, 0.1) is 11.3 Å². The molecule has 0 N–H and O–H groups in total. The largest absolute Gasteiger partial charge is 0.336 e. The fraction of sp³-hybridized carbons (Fsp3) is 0.381. The predicted molar refractivity (Wildman–Crippen MR) is 106 cm³/mol. The van der Waals surface area contributed by atoms with Crippen molar-refractivity contribution in [3.8, 4) is 0 Å². The Kier molecular flexibility index (Phi) is 4.90. The zero-order valence-electron chi connectivity index (χ0n) is 15.9. The van der Waals surface area contributed by atoms with Crippen molar-refractivity contribution < 1.29 is 4.79 Å². The third-order valence-corrected chi connectivity index (χ3v) is 5.33. The maximum absolute atomic E-state index is 12.9. The fourth-order valence-corrected chi connectivity index (χ4v) is 3.71. The summed E-state index contributed by atoms with van der Waals surface area (Å²) >= 11 is 0. The molecule has 3 heterocycles. The van der Waals surface area contributed by atoms with Crippen LogP contribution in [0.25, 0.3) is 11.0 Å². The van der Waals surface area contributed by atoms with Gasteiger partial charge >= 0.3 is 0 Å². The van der Waals surface area contributed by atoms with Gasteiger partial charge in [0.2, 0.25) is 0 Å². The van der Waals surface area contributed by atoms with Crippen LogP contribution in [0, 0.1) is 6.92 Å². The van der Waals surface area contributed by atoms with Crippen molar-refractivity contribution in [2.45, 2.75) is 13.3 Å². The SMILES string of the molecule is Cc1nn(C)c2ncc(C(=O)N3CCN(CCc4ccccc4)CC3)cc12. The molecular formula is C21H25N5O. The summed E-state index contributed by atoms with van der Waals surface area (Å²) < 4.78 is 1.75. The van der Waals surface area contributed by atoms with Crippen LogP contribution in [0.3, 0.4) is 0 Å². The molecule has 140 valence electrons. The Hall–Kier alpha value is -2.73. The number of aromatic nitrogens is 3. The highest BCUT2D eigenvalue weighted by molar-refractivity contribution is 5.97. The molecule has 1 aliphatic heterocycles. The fourth-order valence-electron chi connectivity index (χ4n) is 3.71. The summed E-state index contributed by atoms with van der Waals surface area (Å²) in [5.41, 5.74) is 3.73. The van der Waals surface area contributed by atoms with Crippen molar-refractivity contribution in [3.63, 3.8) is 0 Å². The van der Waals surface area contributed by atoms with Crippen molar-refractivity contribution in [2.75, 3.05) is 32.7 Å². The van der Waals surface area contributed by atoms with Gasteiger partial charge in [-0.1, -0.05) is 30.3 Å². The second-order valence-electron chi connectivity index (χ2n) is 7.17. The molecule has 4 rings (SSSR count). The summed E-state index contributed by atoms with van der Waals surface area (Å²) in [7, 11) is 1.87. The summed E-state index contributed by atoms with van der Waals surface area (Å²) in [5.74, 6) is 0.0652. The average Bonchev–Trinajstić information content (AvgIpc) is 3.00. The molecule has 1 aliphatic rings. The third kappa shape index (κ3) is 3.71. The van der Waals surface area contributed by atoms with Gasteiger partial charge in [-0.2, -0.15) is 5.10 Å². The van der Waals surface area contributed by atoms with Crippen LogP contribution in [-0.4, -0.2) is 63.2 Å². The molecule has 27 heavy (non-hydrogen) atoms. The highest BCUT2D eigenvalue weighted by Gasteiger charge is 2.23. The van der Waals surface area contributed by atoms with Crippen molar-refractivity contribution in [3.05, 3.63) is 59.4 Å². The van der Waals surface area contributed by atoms with Crippen LogP contribution in [0.2, 0.25) is 0 Å². The smallest absolute Gasteiger partial charge is 0.255 e. The van der Waals surface area contributed by atoms with E-state index in [0.717, 1.165) is 55.9 Å². The van der Waals surface area contributed by atoms with E-state index < -0.39 is 0 Å². The molecular weight excluding hydrogens is 338 g/mol. The first kappa shape index (κ1) is 17.7. The number of rotatable bonds is 4. The molecule has 0 unspecified atom stereocenters. The molecule has 1 fully saturated rings. The second-order valence-corrected chi connectivity index (χ2v) is 7.17. The van der Waals surface area contributed by atoms with Crippen molar-refractivity contribution in [1.29, 1.82) is 0 Å². The number of carbonyl (C=O) groups is 1. The minimum absolute atomic E-state index is 0.0652. The lowest BCUT2D eigenvalue weighted by atomic mass is 10.1. The lowest BCUT2D eigenvalue weighted by Crippen LogP contribution is -2.49. The van der Waals surface area contributed by atoms with E-state index in [9.17, 15) is 4.79 Å². The molecule has 6 heteroatoms. The van der Waals surface area contributed by atoms with Crippen LogP contribution in [-0.2, 0) is 13.5 Å². The number of hydrogen-bond donors (Lipinski definition) is 0. The monoisotopic (exact) mass is 363 g/mol. The predicted octanol–water partition coefficient (Wildman–Crippen LogP) is 2.28. The van der Waals surface area contributed by atoms with E-state index in [2.05, 4.69) is 39.2 Å². The maximum Gasteiger partial charge on any atom is 0.255 e. The molecule has 6 nitrogen and oxygen atoms in total. The normalized spacial score (nSPS) is 15.4. The van der Waals surface area contributed by atoms with E-state index in [1.807, 2.05) is 31.0 Å². The summed E-state index contributed by atoms with van der Waals surface area (Å²) in [6.07, 6.45) is 2.73. The number of carbonyl (C=O) groups excluding carboxylic acids is 1. The molecule has 1 aromatic carbocycles. The summed E-state index contributed by atoms with van der Waals surface area (Å²) in [5, 5.41) is 5.33. The van der Waals surface area contributed by atoms with Gasteiger partial charge in [0.1, 0.15) is 0 Å². The van der Waals surface area contributed by atoms with Crippen LogP contribution in [0.1, 0.15) is 21.6 Å². The standard InChI is InChI=1S/C21H25N5O/c1-16-19-14-18(15-22-20(19)24(2)23-16)21(27)26-12-10-25(11-13-26)9-8-17-6-4-3-5-7-17/h3-7,14-15H,8-13H2,1-2H3. The Morgan fingerprint density at radius 1 is 1.11 bits per heavy atom. The van der Waals surface area contributed by atoms with Crippen LogP contribution >= 0.6 is 0 Å². The number of aryl methyl sites for hydroxylation is 2. The second kappa shape index (κ2) is 7.48. The summed E-state index contributed by atoms with van der Waals surface area (Å²) in [6, 6.07) is 12.5. The Bertz CT molecular complexity index is 942. The average molecular weight is 363 g/mol. The molecule has 1 amide bonds. The first-order valence-electron chi connectivity index (χ1n) is 9.47. The minimum Gasteiger partial charge on any atom is -0.336 e. The molecule has 0 bridgehead atoms. The van der Waals surface area contributed by atoms with Gasteiger partial charge in [-0.25, -0.2) is 4.98 Å². The van der Waals surface area contributed by atoms with Gasteiger partial charge in [-0.05, 0) is 25.0 Å². The lowest BCUT2D eigenvalue weighted by Gasteiger charge is -2.34. The van der Waals surface area contributed by atoms with Crippen LogP contribution < -0.4 is 0 Å². The Morgan fingerprint density at radius 3 is 2.59 bits per heavy atom. The molecule has 2 aromatic heterocycles. The van der Waals surface area contributed by atoms with Gasteiger partial charge < -0.3 is 4.90 Å². The van der Waals surface area contributed by atoms with Gasteiger partial charge in [0.15, 0.2) is 5.65 Å². The number of hydrogen-bond acceptors (Lipinski definition) is 4. The molecule has 3 aromatic rings. The van der Waals surface area contributed by atoms with Crippen molar-refractivity contribution in [2.24, 2.45) is 7.05 Å². The molecule has 0 radical (unpaired) electrons. The number of nitrogens with zero attached hydrogens (tertiary/aromatic N) is 5. The van der Waals surface area contributed by atoms with Gasteiger partial charge in [0.25, 0.3) is 5.91 Å². The Labute approximate surface area is 159 Å². The zero-order valence-corrected chi connectivity index (χ0v) is 15.9. The summed E-state index contributed by atoms with van der Waals surface area (Å²) in [6.45, 7) is 6.34. The molecule has 0 atom stereocenters. The Balaban J connectivity index is 1.36. The van der Waals surface area contributed by atoms with Crippen LogP contribution in [0.4, 0.5) is 0 Å². The van der Waals surface area contributed by atoms with Crippen molar-refractivity contribution >= 4 is 16.9 Å². The summed E-state index contributed by atoms with van der Waals surface area (Å²) in [4.78, 5) is 21.7. The number of benzene rings is 1. The van der Waals surface area contributed by atoms with E-state index in [-0.39, 0.29) is 5.91 Å². The van der Waals surface area contributed by atoms with E-state index in [0.29, 0.717) is 5.56 Å². The first-order valence-corrected chi connectivity index (χ1v) is 9.47. The Morgan fingerprint density at radius 2 is 1.85 bits per heavy atom. The van der Waals surface area contributed by atoms with E-state index in [4.69, 9.17) is 0 Å². The van der Waals surface area contributed by atoms with E-state index in [1.54, 1.807) is 10.9 Å². The topological polar surface area (TPSA) is 54.3 Å². The lowest BCUT2D eigenvalue weighted by molar-refractivity contribution is 0.0638. The number of piperazine rings is 1. The zero-order chi connectivity index (χ0) is 18.8. The highest BCUT2D eigenvalue weighted by Crippen LogP contribution is 2.18. The van der Waals surface area contributed by atoms with Gasteiger partial charge in [-0.15, -0.1) is 0 Å². The number of pyridine rings is 1. The van der Waals surface area contributed by atoms with Crippen LogP contribution in [0.15, 0.2) is 42.6 Å². The molecule has 0 aliphatic carbocycles. The van der Waals surface area contributed by atoms with Gasteiger partial charge in [-0.3, -0.25) is 14.4 Å². The third-order valence-electron chi connectivity index (χ3n) is 5.33. The highest BCUT2D eigenvalue weighted by atomic mass is 16.2. The number of amides is 1. The van der Waals surface area contributed by atoms with Crippen molar-refractivity contribution in [1.82, 2.24) is 24.6 Å². The van der Waals surface area contributed by atoms with E-state index in [1.165, 1.54) is 5.56 Å². The quantitative estimate of drug-likeness (QED) is 0.714. The molecule has 1 saturated heterocycles. The van der Waals surface area contributed by atoms with Crippen LogP contribution in [0.5, 0.6) is 0 Å². The molecule has 0 spiro atoms. The minimum atomic E-state index is 0.0652. The first-order chi connectivity index (χ1) is 13.1.